The Hall–Kier alpha value is -3.16. The number of piperidine rings is 1. The van der Waals surface area contributed by atoms with Gasteiger partial charge in [-0.1, -0.05) is 42.5 Å². The van der Waals surface area contributed by atoms with E-state index in [0.717, 1.165) is 43.7 Å². The maximum atomic E-state index is 12.9. The number of ether oxygens (including phenoxy) is 2. The lowest BCUT2D eigenvalue weighted by Gasteiger charge is -2.44. The van der Waals surface area contributed by atoms with Gasteiger partial charge in [0.05, 0.1) is 17.8 Å². The third-order valence-corrected chi connectivity index (χ3v) is 7.62. The molecule has 2 atom stereocenters. The molecule has 35 heavy (non-hydrogen) atoms. The van der Waals surface area contributed by atoms with Gasteiger partial charge in [0.25, 0.3) is 5.91 Å². The lowest BCUT2D eigenvalue weighted by molar-refractivity contribution is -0.125. The number of methoxy groups -OCH3 is 1. The normalized spacial score (nSPS) is 21.1. The van der Waals surface area contributed by atoms with E-state index in [2.05, 4.69) is 46.6 Å². The van der Waals surface area contributed by atoms with Crippen LogP contribution in [0.15, 0.2) is 60.8 Å². The van der Waals surface area contributed by atoms with Crippen molar-refractivity contribution in [3.05, 3.63) is 83.2 Å². The molecule has 2 aliphatic rings. The highest BCUT2D eigenvalue weighted by molar-refractivity contribution is 5.78. The van der Waals surface area contributed by atoms with Crippen molar-refractivity contribution < 1.29 is 14.3 Å². The first kappa shape index (κ1) is 23.6. The zero-order chi connectivity index (χ0) is 24.4. The fraction of sp³-hybridized carbons (Fsp3) is 0.429. The second kappa shape index (κ2) is 9.84. The van der Waals surface area contributed by atoms with Crippen LogP contribution in [0.3, 0.4) is 0 Å². The minimum absolute atomic E-state index is 0.0235. The Labute approximate surface area is 207 Å². The lowest BCUT2D eigenvalue weighted by atomic mass is 9.72. The Kier molecular flexibility index (Phi) is 6.62. The summed E-state index contributed by atoms with van der Waals surface area (Å²) in [6.07, 6.45) is 3.96. The Balaban J connectivity index is 1.31. The molecule has 0 saturated carbocycles. The fourth-order valence-corrected chi connectivity index (χ4v) is 5.96. The van der Waals surface area contributed by atoms with E-state index in [1.807, 2.05) is 48.1 Å². The number of amides is 1. The molecule has 1 aliphatic carbocycles. The van der Waals surface area contributed by atoms with Gasteiger partial charge < -0.3 is 14.8 Å². The lowest BCUT2D eigenvalue weighted by Crippen LogP contribution is -2.50. The van der Waals surface area contributed by atoms with Crippen molar-refractivity contribution in [1.29, 1.82) is 0 Å². The molecule has 2 heterocycles. The molecule has 184 valence electrons. The second-order valence-corrected chi connectivity index (χ2v) is 9.74. The molecule has 1 spiro atoms. The standard InChI is InChI=1S/C28H34N4O3/c1-20-21(17-31(2)30-20)18-32-15-13-28(14-16-32)24-12-8-7-11-23(24)26(27(28)34-3)29-25(33)19-35-22-9-5-4-6-10-22/h4-12,17,26-27H,13-16,18-19H2,1-3H3,(H,29,33)/t26-,27+/m1/s1. The van der Waals surface area contributed by atoms with Gasteiger partial charge in [-0.3, -0.25) is 14.4 Å². The number of carbonyl (C=O) groups is 1. The van der Waals surface area contributed by atoms with E-state index in [9.17, 15) is 4.79 Å². The van der Waals surface area contributed by atoms with Crippen molar-refractivity contribution in [3.63, 3.8) is 0 Å². The van der Waals surface area contributed by atoms with Crippen LogP contribution < -0.4 is 10.1 Å². The number of benzene rings is 2. The molecule has 3 aromatic rings. The molecular weight excluding hydrogens is 440 g/mol. The summed E-state index contributed by atoms with van der Waals surface area (Å²) in [5.41, 5.74) is 4.71. The average molecular weight is 475 g/mol. The Morgan fingerprint density at radius 1 is 1.11 bits per heavy atom. The number of aromatic nitrogens is 2. The van der Waals surface area contributed by atoms with Gasteiger partial charge in [0, 0.05) is 37.9 Å². The number of nitrogens with one attached hydrogen (secondary N) is 1. The largest absolute Gasteiger partial charge is 0.484 e. The number of likely N-dealkylation sites (tertiary alicyclic amines) is 1. The highest BCUT2D eigenvalue weighted by Gasteiger charge is 2.53. The zero-order valence-electron chi connectivity index (χ0n) is 20.7. The van der Waals surface area contributed by atoms with Gasteiger partial charge in [-0.15, -0.1) is 0 Å². The Morgan fingerprint density at radius 3 is 2.51 bits per heavy atom. The maximum absolute atomic E-state index is 12.9. The van der Waals surface area contributed by atoms with Gasteiger partial charge in [-0.05, 0) is 56.1 Å². The van der Waals surface area contributed by atoms with Gasteiger partial charge >= 0.3 is 0 Å². The van der Waals surface area contributed by atoms with Crippen LogP contribution in [0.1, 0.15) is 41.3 Å². The Morgan fingerprint density at radius 2 is 1.83 bits per heavy atom. The van der Waals surface area contributed by atoms with E-state index < -0.39 is 0 Å². The number of carbonyl (C=O) groups excluding carboxylic acids is 1. The minimum atomic E-state index is -0.199. The van der Waals surface area contributed by atoms with Crippen molar-refractivity contribution in [2.24, 2.45) is 7.05 Å². The first-order chi connectivity index (χ1) is 17.0. The zero-order valence-corrected chi connectivity index (χ0v) is 20.7. The quantitative estimate of drug-likeness (QED) is 0.568. The molecule has 0 unspecified atom stereocenters. The van der Waals surface area contributed by atoms with Crippen LogP contribution in [0.5, 0.6) is 5.75 Å². The number of aryl methyl sites for hydroxylation is 2. The molecule has 1 N–H and O–H groups in total. The summed E-state index contributed by atoms with van der Waals surface area (Å²) in [7, 11) is 3.74. The SMILES string of the molecule is CO[C@H]1[C@H](NC(=O)COc2ccccc2)c2ccccc2C12CCN(Cc1cn(C)nc1C)CC2. The second-order valence-electron chi connectivity index (χ2n) is 9.74. The first-order valence-corrected chi connectivity index (χ1v) is 12.3. The van der Waals surface area contributed by atoms with Gasteiger partial charge in [0.1, 0.15) is 5.75 Å². The van der Waals surface area contributed by atoms with E-state index in [4.69, 9.17) is 9.47 Å². The smallest absolute Gasteiger partial charge is 0.258 e. The van der Waals surface area contributed by atoms with Crippen LogP contribution in [0.25, 0.3) is 0 Å². The minimum Gasteiger partial charge on any atom is -0.484 e. The summed E-state index contributed by atoms with van der Waals surface area (Å²) in [6.45, 7) is 4.90. The molecule has 1 aromatic heterocycles. The summed E-state index contributed by atoms with van der Waals surface area (Å²) >= 11 is 0. The van der Waals surface area contributed by atoms with E-state index in [0.29, 0.717) is 5.75 Å². The number of hydrogen-bond donors (Lipinski definition) is 1. The molecule has 0 radical (unpaired) electrons. The summed E-state index contributed by atoms with van der Waals surface area (Å²) in [6, 6.07) is 17.7. The number of rotatable bonds is 7. The molecule has 1 aliphatic heterocycles. The summed E-state index contributed by atoms with van der Waals surface area (Å²) in [5.74, 6) is 0.544. The predicted octanol–water partition coefficient (Wildman–Crippen LogP) is 3.53. The van der Waals surface area contributed by atoms with Crippen molar-refractivity contribution in [2.75, 3.05) is 26.8 Å². The van der Waals surface area contributed by atoms with Crippen molar-refractivity contribution in [2.45, 2.75) is 43.9 Å². The summed E-state index contributed by atoms with van der Waals surface area (Å²) in [5, 5.41) is 7.72. The van der Waals surface area contributed by atoms with Crippen molar-refractivity contribution >= 4 is 5.91 Å². The molecule has 7 heteroatoms. The van der Waals surface area contributed by atoms with Gasteiger partial charge in [0.2, 0.25) is 0 Å². The highest BCUT2D eigenvalue weighted by atomic mass is 16.5. The first-order valence-electron chi connectivity index (χ1n) is 12.3. The molecule has 7 nitrogen and oxygen atoms in total. The number of para-hydroxylation sites is 1. The van der Waals surface area contributed by atoms with E-state index >= 15 is 0 Å². The molecule has 0 bridgehead atoms. The van der Waals surface area contributed by atoms with Gasteiger partial charge in [0.15, 0.2) is 6.61 Å². The van der Waals surface area contributed by atoms with Gasteiger partial charge in [-0.2, -0.15) is 5.10 Å². The summed E-state index contributed by atoms with van der Waals surface area (Å²) < 4.78 is 13.7. The fourth-order valence-electron chi connectivity index (χ4n) is 5.96. The predicted molar refractivity (Wildman–Crippen MR) is 134 cm³/mol. The van der Waals surface area contributed by atoms with Crippen LogP contribution in [0.4, 0.5) is 0 Å². The topological polar surface area (TPSA) is 68.6 Å². The van der Waals surface area contributed by atoms with Crippen LogP contribution in [0, 0.1) is 6.92 Å². The highest BCUT2D eigenvalue weighted by Crippen LogP contribution is 2.52. The van der Waals surface area contributed by atoms with Crippen LogP contribution >= 0.6 is 0 Å². The van der Waals surface area contributed by atoms with E-state index in [1.165, 1.54) is 11.1 Å². The third kappa shape index (κ3) is 4.58. The van der Waals surface area contributed by atoms with E-state index in [1.54, 1.807) is 7.11 Å². The third-order valence-electron chi connectivity index (χ3n) is 7.62. The van der Waals surface area contributed by atoms with Crippen molar-refractivity contribution in [3.8, 4) is 5.75 Å². The van der Waals surface area contributed by atoms with Crippen molar-refractivity contribution in [1.82, 2.24) is 20.0 Å². The molecule has 1 amide bonds. The molecule has 1 fully saturated rings. The van der Waals surface area contributed by atoms with Crippen LogP contribution in [-0.4, -0.2) is 53.5 Å². The number of hydrogen-bond acceptors (Lipinski definition) is 5. The Bertz CT molecular complexity index is 1170. The van der Waals surface area contributed by atoms with Gasteiger partial charge in [-0.25, -0.2) is 0 Å². The monoisotopic (exact) mass is 474 g/mol. The van der Waals surface area contributed by atoms with E-state index in [-0.39, 0.29) is 30.1 Å². The molecule has 5 rings (SSSR count). The molecular formula is C28H34N4O3. The average Bonchev–Trinajstić information content (AvgIpc) is 3.32. The maximum Gasteiger partial charge on any atom is 0.258 e. The van der Waals surface area contributed by atoms with Crippen LogP contribution in [-0.2, 0) is 28.5 Å². The number of fused-ring (bicyclic) bond motifs is 2. The molecule has 2 aromatic carbocycles. The molecule has 1 saturated heterocycles. The number of nitrogens with zero attached hydrogens (tertiary/aromatic N) is 3. The van der Waals surface area contributed by atoms with Crippen LogP contribution in [0.2, 0.25) is 0 Å². The summed E-state index contributed by atoms with van der Waals surface area (Å²) in [4.78, 5) is 15.4.